The van der Waals surface area contributed by atoms with Crippen LogP contribution in [0, 0.1) is 5.92 Å². The number of imide groups is 1. The first-order valence-corrected chi connectivity index (χ1v) is 8.00. The molecule has 0 aliphatic rings. The van der Waals surface area contributed by atoms with Crippen molar-refractivity contribution in [2.75, 3.05) is 13.6 Å². The van der Waals surface area contributed by atoms with Crippen LogP contribution in [-0.4, -0.2) is 25.5 Å². The van der Waals surface area contributed by atoms with Gasteiger partial charge in [0.25, 0.3) is 0 Å². The fourth-order valence-electron chi connectivity index (χ4n) is 2.36. The topological polar surface area (TPSA) is 70.2 Å². The zero-order valence-electron chi connectivity index (χ0n) is 15.0. The number of nitrogens with one attached hydrogen (secondary N) is 3. The third-order valence-electron chi connectivity index (χ3n) is 3.77. The molecule has 0 aromatic heterocycles. The zero-order chi connectivity index (χ0) is 17.6. The third-order valence-corrected chi connectivity index (χ3v) is 3.77. The van der Waals surface area contributed by atoms with E-state index in [4.69, 9.17) is 0 Å². The molecule has 0 radical (unpaired) electrons. The van der Waals surface area contributed by atoms with E-state index in [0.29, 0.717) is 5.92 Å². The Labute approximate surface area is 139 Å². The summed E-state index contributed by atoms with van der Waals surface area (Å²) in [7, 11) is 1.48. The molecule has 5 heteroatoms. The van der Waals surface area contributed by atoms with E-state index >= 15 is 0 Å². The molecule has 23 heavy (non-hydrogen) atoms. The molecule has 0 unspecified atom stereocenters. The molecule has 128 valence electrons. The molecular weight excluding hydrogens is 290 g/mol. The summed E-state index contributed by atoms with van der Waals surface area (Å²) in [6.45, 7) is 10.9. The van der Waals surface area contributed by atoms with Gasteiger partial charge in [0, 0.05) is 13.1 Å². The second kappa shape index (κ2) is 8.11. The molecule has 3 amide bonds. The molecule has 5 nitrogen and oxygen atoms in total. The summed E-state index contributed by atoms with van der Waals surface area (Å²) in [4.78, 5) is 22.9. The van der Waals surface area contributed by atoms with Gasteiger partial charge >= 0.3 is 6.03 Å². The van der Waals surface area contributed by atoms with Gasteiger partial charge in [-0.15, -0.1) is 0 Å². The molecule has 0 saturated heterocycles. The minimum absolute atomic E-state index is 0.0551. The standard InChI is InChI=1S/C18H29N3O2/c1-12(2)16(20-11-15(22)21-17(23)19-6)13-7-9-14(10-8-13)18(3,4)5/h7-10,12,16,20H,11H2,1-6H3,(H2,19,21,22,23)/t16-/m0/s1. The molecule has 0 spiro atoms. The van der Waals surface area contributed by atoms with Crippen LogP contribution < -0.4 is 16.0 Å². The van der Waals surface area contributed by atoms with Gasteiger partial charge in [0.1, 0.15) is 0 Å². The molecule has 0 heterocycles. The molecule has 0 fully saturated rings. The Morgan fingerprint density at radius 2 is 1.65 bits per heavy atom. The summed E-state index contributed by atoms with van der Waals surface area (Å²) in [5.74, 6) is -0.0235. The highest BCUT2D eigenvalue weighted by molar-refractivity contribution is 5.95. The van der Waals surface area contributed by atoms with Crippen molar-refractivity contribution >= 4 is 11.9 Å². The van der Waals surface area contributed by atoms with Crippen LogP contribution in [0.5, 0.6) is 0 Å². The van der Waals surface area contributed by atoms with E-state index in [2.05, 4.69) is 74.8 Å². The Kier molecular flexibility index (Phi) is 6.76. The predicted octanol–water partition coefficient (Wildman–Crippen LogP) is 2.73. The summed E-state index contributed by atoms with van der Waals surface area (Å²) < 4.78 is 0. The molecular formula is C18H29N3O2. The van der Waals surface area contributed by atoms with Crippen molar-refractivity contribution < 1.29 is 9.59 Å². The molecule has 1 aromatic carbocycles. The lowest BCUT2D eigenvalue weighted by Crippen LogP contribution is -2.43. The van der Waals surface area contributed by atoms with Gasteiger partial charge < -0.3 is 10.6 Å². The molecule has 1 rings (SSSR count). The van der Waals surface area contributed by atoms with Crippen LogP contribution in [0.4, 0.5) is 4.79 Å². The molecule has 3 N–H and O–H groups in total. The maximum atomic E-state index is 11.7. The summed E-state index contributed by atoms with van der Waals surface area (Å²) in [5, 5.41) is 7.84. The van der Waals surface area contributed by atoms with E-state index in [9.17, 15) is 9.59 Å². The maximum absolute atomic E-state index is 11.7. The normalized spacial score (nSPS) is 12.8. The van der Waals surface area contributed by atoms with Crippen molar-refractivity contribution in [2.45, 2.75) is 46.1 Å². The summed E-state index contributed by atoms with van der Waals surface area (Å²) in [6.07, 6.45) is 0. The van der Waals surface area contributed by atoms with Crippen molar-refractivity contribution in [2.24, 2.45) is 5.92 Å². The Bertz CT molecular complexity index is 530. The smallest absolute Gasteiger partial charge is 0.321 e. The van der Waals surface area contributed by atoms with Gasteiger partial charge in [-0.3, -0.25) is 10.1 Å². The van der Waals surface area contributed by atoms with Crippen molar-refractivity contribution in [3.8, 4) is 0 Å². The van der Waals surface area contributed by atoms with Gasteiger partial charge in [-0.25, -0.2) is 4.79 Å². The highest BCUT2D eigenvalue weighted by Crippen LogP contribution is 2.26. The van der Waals surface area contributed by atoms with E-state index in [1.807, 2.05) is 0 Å². The van der Waals surface area contributed by atoms with E-state index in [1.54, 1.807) is 0 Å². The molecule has 0 saturated carbocycles. The van der Waals surface area contributed by atoms with Crippen molar-refractivity contribution in [1.29, 1.82) is 0 Å². The predicted molar refractivity (Wildman–Crippen MR) is 93.3 cm³/mol. The average Bonchev–Trinajstić information content (AvgIpc) is 2.46. The molecule has 1 aromatic rings. The van der Waals surface area contributed by atoms with Gasteiger partial charge in [0.2, 0.25) is 5.91 Å². The highest BCUT2D eigenvalue weighted by atomic mass is 16.2. The first kappa shape index (κ1) is 19.2. The fourth-order valence-corrected chi connectivity index (χ4v) is 2.36. The summed E-state index contributed by atoms with van der Waals surface area (Å²) in [5.41, 5.74) is 2.54. The summed E-state index contributed by atoms with van der Waals surface area (Å²) >= 11 is 0. The lowest BCUT2D eigenvalue weighted by Gasteiger charge is -2.24. The molecule has 0 bridgehead atoms. The Morgan fingerprint density at radius 3 is 2.09 bits per heavy atom. The van der Waals surface area contributed by atoms with E-state index in [-0.39, 0.29) is 23.9 Å². The maximum Gasteiger partial charge on any atom is 0.321 e. The van der Waals surface area contributed by atoms with Crippen molar-refractivity contribution in [3.63, 3.8) is 0 Å². The Balaban J connectivity index is 2.75. The summed E-state index contributed by atoms with van der Waals surface area (Å²) in [6, 6.07) is 8.05. The number of carbonyl (C=O) groups is 2. The third kappa shape index (κ3) is 6.02. The minimum Gasteiger partial charge on any atom is -0.341 e. The van der Waals surface area contributed by atoms with Crippen LogP contribution in [0.2, 0.25) is 0 Å². The minimum atomic E-state index is -0.493. The number of amides is 3. The molecule has 0 aliphatic heterocycles. The van der Waals surface area contributed by atoms with Crippen LogP contribution in [0.25, 0.3) is 0 Å². The number of rotatable bonds is 5. The first-order chi connectivity index (χ1) is 10.6. The molecule has 0 aliphatic carbocycles. The SMILES string of the molecule is CNC(=O)NC(=O)CN[C@H](c1ccc(C(C)(C)C)cc1)C(C)C. The second-order valence-electron chi connectivity index (χ2n) is 7.10. The largest absolute Gasteiger partial charge is 0.341 e. The van der Waals surface area contributed by atoms with Crippen LogP contribution in [0.3, 0.4) is 0 Å². The van der Waals surface area contributed by atoms with Gasteiger partial charge in [0.05, 0.1) is 6.54 Å². The first-order valence-electron chi connectivity index (χ1n) is 8.00. The highest BCUT2D eigenvalue weighted by Gasteiger charge is 2.19. The Morgan fingerprint density at radius 1 is 1.09 bits per heavy atom. The number of hydrogen-bond donors (Lipinski definition) is 3. The van der Waals surface area contributed by atoms with Gasteiger partial charge in [0.15, 0.2) is 0 Å². The van der Waals surface area contributed by atoms with E-state index < -0.39 is 6.03 Å². The van der Waals surface area contributed by atoms with Crippen LogP contribution in [0.1, 0.15) is 51.8 Å². The van der Waals surface area contributed by atoms with Crippen molar-refractivity contribution in [1.82, 2.24) is 16.0 Å². The Hall–Kier alpha value is -1.88. The van der Waals surface area contributed by atoms with Crippen LogP contribution >= 0.6 is 0 Å². The van der Waals surface area contributed by atoms with Crippen LogP contribution in [-0.2, 0) is 10.2 Å². The monoisotopic (exact) mass is 319 g/mol. The van der Waals surface area contributed by atoms with Gasteiger partial charge in [-0.1, -0.05) is 58.9 Å². The van der Waals surface area contributed by atoms with Gasteiger partial charge in [-0.2, -0.15) is 0 Å². The lowest BCUT2D eigenvalue weighted by molar-refractivity contribution is -0.119. The average molecular weight is 319 g/mol. The number of carbonyl (C=O) groups excluding carboxylic acids is 2. The fraction of sp³-hybridized carbons (Fsp3) is 0.556. The quantitative estimate of drug-likeness (QED) is 0.781. The van der Waals surface area contributed by atoms with E-state index in [1.165, 1.54) is 12.6 Å². The van der Waals surface area contributed by atoms with E-state index in [0.717, 1.165) is 5.56 Å². The number of hydrogen-bond acceptors (Lipinski definition) is 3. The number of benzene rings is 1. The van der Waals surface area contributed by atoms with Crippen molar-refractivity contribution in [3.05, 3.63) is 35.4 Å². The second-order valence-corrected chi connectivity index (χ2v) is 7.10. The zero-order valence-corrected chi connectivity index (χ0v) is 15.0. The van der Waals surface area contributed by atoms with Gasteiger partial charge in [-0.05, 0) is 22.5 Å². The lowest BCUT2D eigenvalue weighted by atomic mass is 9.85. The number of urea groups is 1. The van der Waals surface area contributed by atoms with Crippen LogP contribution in [0.15, 0.2) is 24.3 Å². The molecule has 1 atom stereocenters.